The van der Waals surface area contributed by atoms with Crippen molar-refractivity contribution in [2.24, 2.45) is 11.7 Å². The zero-order valence-corrected chi connectivity index (χ0v) is 11.2. The van der Waals surface area contributed by atoms with Crippen LogP contribution in [0.25, 0.3) is 0 Å². The normalized spacial score (nSPS) is 28.8. The van der Waals surface area contributed by atoms with Crippen LogP contribution in [0.3, 0.4) is 0 Å². The molecule has 1 aromatic rings. The van der Waals surface area contributed by atoms with Crippen molar-refractivity contribution in [3.63, 3.8) is 0 Å². The first kappa shape index (κ1) is 13.5. The van der Waals surface area contributed by atoms with Crippen molar-refractivity contribution in [2.45, 2.75) is 31.2 Å². The van der Waals surface area contributed by atoms with E-state index in [1.54, 1.807) is 0 Å². The number of nitrogens with zero attached hydrogens (tertiary/aromatic N) is 1. The van der Waals surface area contributed by atoms with Crippen LogP contribution in [0.4, 0.5) is 8.78 Å². The maximum absolute atomic E-state index is 13.7. The largest absolute Gasteiger partial charge is 0.338 e. The molecule has 2 fully saturated rings. The molecule has 20 heavy (non-hydrogen) atoms. The molecule has 1 heterocycles. The highest BCUT2D eigenvalue weighted by molar-refractivity contribution is 5.83. The van der Waals surface area contributed by atoms with Crippen molar-refractivity contribution < 1.29 is 13.6 Å². The molecular weight excluding hydrogens is 262 g/mol. The van der Waals surface area contributed by atoms with Gasteiger partial charge in [-0.2, -0.15) is 0 Å². The van der Waals surface area contributed by atoms with E-state index in [0.29, 0.717) is 18.5 Å². The van der Waals surface area contributed by atoms with E-state index >= 15 is 0 Å². The van der Waals surface area contributed by atoms with Crippen LogP contribution in [-0.2, 0) is 4.79 Å². The fourth-order valence-electron chi connectivity index (χ4n) is 3.19. The highest BCUT2D eigenvalue weighted by atomic mass is 19.1. The lowest BCUT2D eigenvalue weighted by Crippen LogP contribution is -2.40. The molecule has 108 valence electrons. The smallest absolute Gasteiger partial charge is 0.226 e. The van der Waals surface area contributed by atoms with Gasteiger partial charge in [-0.25, -0.2) is 8.78 Å². The third-order valence-electron chi connectivity index (χ3n) is 4.40. The first-order valence-electron chi connectivity index (χ1n) is 7.07. The number of hydrogen-bond donors (Lipinski definition) is 1. The Bertz CT molecular complexity index is 535. The summed E-state index contributed by atoms with van der Waals surface area (Å²) in [4.78, 5) is 14.2. The van der Waals surface area contributed by atoms with Gasteiger partial charge in [-0.1, -0.05) is 0 Å². The van der Waals surface area contributed by atoms with Crippen LogP contribution >= 0.6 is 0 Å². The van der Waals surface area contributed by atoms with Crippen molar-refractivity contribution in [3.05, 3.63) is 35.4 Å². The molecular formula is C15H18F2N2O. The fraction of sp³-hybridized carbons (Fsp3) is 0.533. The van der Waals surface area contributed by atoms with Crippen LogP contribution in [-0.4, -0.2) is 29.9 Å². The topological polar surface area (TPSA) is 46.3 Å². The maximum atomic E-state index is 13.7. The van der Waals surface area contributed by atoms with Gasteiger partial charge >= 0.3 is 0 Å². The van der Waals surface area contributed by atoms with Gasteiger partial charge in [0.15, 0.2) is 0 Å². The predicted octanol–water partition coefficient (Wildman–Crippen LogP) is 2.02. The van der Waals surface area contributed by atoms with E-state index in [2.05, 4.69) is 0 Å². The molecule has 0 aromatic heterocycles. The second-order valence-corrected chi connectivity index (χ2v) is 5.68. The third kappa shape index (κ3) is 2.30. The van der Waals surface area contributed by atoms with Gasteiger partial charge in [-0.3, -0.25) is 4.79 Å². The van der Waals surface area contributed by atoms with Crippen LogP contribution in [0.5, 0.6) is 0 Å². The molecule has 0 spiro atoms. The molecule has 3 atom stereocenters. The molecule has 0 radical (unpaired) electrons. The average molecular weight is 280 g/mol. The van der Waals surface area contributed by atoms with E-state index in [1.165, 1.54) is 6.07 Å². The van der Waals surface area contributed by atoms with Gasteiger partial charge in [0.25, 0.3) is 0 Å². The van der Waals surface area contributed by atoms with E-state index in [4.69, 9.17) is 5.73 Å². The first-order chi connectivity index (χ1) is 9.61. The highest BCUT2D eigenvalue weighted by Crippen LogP contribution is 2.50. The Hall–Kier alpha value is -1.49. The SMILES string of the molecule is NC[C@@H]1CCCN1C(=O)[C@H]1C[C@@H]1c1cc(F)ccc1F. The van der Waals surface area contributed by atoms with Crippen LogP contribution in [0, 0.1) is 17.6 Å². The Kier molecular flexibility index (Phi) is 3.46. The van der Waals surface area contributed by atoms with Gasteiger partial charge in [-0.15, -0.1) is 0 Å². The van der Waals surface area contributed by atoms with E-state index in [0.717, 1.165) is 31.5 Å². The zero-order chi connectivity index (χ0) is 14.3. The summed E-state index contributed by atoms with van der Waals surface area (Å²) in [5.74, 6) is -1.23. The minimum absolute atomic E-state index is 0.0478. The second kappa shape index (κ2) is 5.13. The number of hydrogen-bond acceptors (Lipinski definition) is 2. The van der Waals surface area contributed by atoms with Gasteiger partial charge in [0.1, 0.15) is 11.6 Å². The summed E-state index contributed by atoms with van der Waals surface area (Å²) in [7, 11) is 0. The summed E-state index contributed by atoms with van der Waals surface area (Å²) in [6, 6.07) is 3.55. The van der Waals surface area contributed by atoms with Gasteiger partial charge in [0.2, 0.25) is 5.91 Å². The van der Waals surface area contributed by atoms with Crippen molar-refractivity contribution in [3.8, 4) is 0 Å². The van der Waals surface area contributed by atoms with E-state index in [9.17, 15) is 13.6 Å². The molecule has 0 unspecified atom stereocenters. The Labute approximate surface area is 116 Å². The van der Waals surface area contributed by atoms with Crippen molar-refractivity contribution in [1.29, 1.82) is 0 Å². The lowest BCUT2D eigenvalue weighted by molar-refractivity contribution is -0.133. The van der Waals surface area contributed by atoms with Gasteiger partial charge < -0.3 is 10.6 Å². The Balaban J connectivity index is 1.72. The molecule has 0 bridgehead atoms. The maximum Gasteiger partial charge on any atom is 0.226 e. The number of amides is 1. The fourth-order valence-corrected chi connectivity index (χ4v) is 3.19. The lowest BCUT2D eigenvalue weighted by atomic mass is 10.1. The molecule has 1 aliphatic carbocycles. The lowest BCUT2D eigenvalue weighted by Gasteiger charge is -2.23. The number of halogens is 2. The third-order valence-corrected chi connectivity index (χ3v) is 4.40. The number of likely N-dealkylation sites (tertiary alicyclic amines) is 1. The summed E-state index contributed by atoms with van der Waals surface area (Å²) in [5, 5.41) is 0. The molecule has 2 N–H and O–H groups in total. The quantitative estimate of drug-likeness (QED) is 0.920. The Morgan fingerprint density at radius 1 is 1.40 bits per heavy atom. The molecule has 3 rings (SSSR count). The van der Waals surface area contributed by atoms with Gasteiger partial charge in [0, 0.05) is 25.0 Å². The average Bonchev–Trinajstić information content (AvgIpc) is 3.09. The summed E-state index contributed by atoms with van der Waals surface area (Å²) in [6.07, 6.45) is 2.51. The molecule has 1 aromatic carbocycles. The second-order valence-electron chi connectivity index (χ2n) is 5.68. The molecule has 1 saturated carbocycles. The Morgan fingerprint density at radius 2 is 2.20 bits per heavy atom. The van der Waals surface area contributed by atoms with Crippen molar-refractivity contribution in [1.82, 2.24) is 4.90 Å². The monoisotopic (exact) mass is 280 g/mol. The minimum atomic E-state index is -0.458. The summed E-state index contributed by atoms with van der Waals surface area (Å²) in [5.41, 5.74) is 5.99. The van der Waals surface area contributed by atoms with Crippen molar-refractivity contribution in [2.75, 3.05) is 13.1 Å². The van der Waals surface area contributed by atoms with Crippen molar-refractivity contribution >= 4 is 5.91 Å². The highest BCUT2D eigenvalue weighted by Gasteiger charge is 2.48. The minimum Gasteiger partial charge on any atom is -0.338 e. The molecule has 1 aliphatic heterocycles. The van der Waals surface area contributed by atoms with E-state index < -0.39 is 11.6 Å². The van der Waals surface area contributed by atoms with Crippen LogP contribution in [0.15, 0.2) is 18.2 Å². The van der Waals surface area contributed by atoms with Gasteiger partial charge in [-0.05, 0) is 48.9 Å². The molecule has 1 amide bonds. The summed E-state index contributed by atoms with van der Waals surface area (Å²) in [6.45, 7) is 1.20. The molecule has 2 aliphatic rings. The van der Waals surface area contributed by atoms with Crippen LogP contribution in [0.2, 0.25) is 0 Å². The van der Waals surface area contributed by atoms with Crippen LogP contribution < -0.4 is 5.73 Å². The first-order valence-corrected chi connectivity index (χ1v) is 7.07. The summed E-state index contributed by atoms with van der Waals surface area (Å²) >= 11 is 0. The number of nitrogens with two attached hydrogens (primary N) is 1. The Morgan fingerprint density at radius 3 is 2.95 bits per heavy atom. The number of carbonyl (C=O) groups is 1. The molecule has 1 saturated heterocycles. The predicted molar refractivity (Wildman–Crippen MR) is 71.0 cm³/mol. The zero-order valence-electron chi connectivity index (χ0n) is 11.2. The number of rotatable bonds is 3. The number of carbonyl (C=O) groups excluding carboxylic acids is 1. The van der Waals surface area contributed by atoms with Crippen LogP contribution in [0.1, 0.15) is 30.7 Å². The summed E-state index contributed by atoms with van der Waals surface area (Å²) < 4.78 is 26.9. The number of benzene rings is 1. The van der Waals surface area contributed by atoms with E-state index in [-0.39, 0.29) is 23.8 Å². The van der Waals surface area contributed by atoms with Gasteiger partial charge in [0.05, 0.1) is 0 Å². The van der Waals surface area contributed by atoms with E-state index in [1.807, 2.05) is 4.90 Å². The molecule has 3 nitrogen and oxygen atoms in total. The standard InChI is InChI=1S/C15H18F2N2O/c16-9-3-4-14(17)12(6-9)11-7-13(11)15(20)19-5-1-2-10(19)8-18/h3-4,6,10-11,13H,1-2,5,7-8,18H2/t10-,11+,13-/m0/s1. The molecule has 5 heteroatoms.